The van der Waals surface area contributed by atoms with Gasteiger partial charge in [-0.2, -0.15) is 0 Å². The standard InChI is InChI=1S/C14H26N2O4/c1-5-19-13(17)15-12-7-11(10(3)4)8-16(9-12)14(18)20-6-2/h10-12H,5-9H2,1-4H3,(H,15,17). The molecule has 0 radical (unpaired) electrons. The maximum Gasteiger partial charge on any atom is 0.409 e. The first-order valence-corrected chi connectivity index (χ1v) is 7.32. The molecule has 1 fully saturated rings. The first-order chi connectivity index (χ1) is 9.47. The molecule has 1 aliphatic rings. The number of hydrogen-bond acceptors (Lipinski definition) is 4. The molecule has 0 aliphatic carbocycles. The summed E-state index contributed by atoms with van der Waals surface area (Å²) in [6, 6.07) is -0.0837. The highest BCUT2D eigenvalue weighted by atomic mass is 16.6. The Balaban J connectivity index is 2.65. The van der Waals surface area contributed by atoms with Crippen LogP contribution in [0.4, 0.5) is 9.59 Å². The van der Waals surface area contributed by atoms with Crippen LogP contribution in [0.15, 0.2) is 0 Å². The minimum Gasteiger partial charge on any atom is -0.450 e. The Morgan fingerprint density at radius 2 is 1.85 bits per heavy atom. The predicted octanol–water partition coefficient (Wildman–Crippen LogP) is 2.24. The molecular formula is C14H26N2O4. The van der Waals surface area contributed by atoms with Gasteiger partial charge in [0.2, 0.25) is 0 Å². The number of carbonyl (C=O) groups excluding carboxylic acids is 2. The Morgan fingerprint density at radius 1 is 1.20 bits per heavy atom. The zero-order valence-corrected chi connectivity index (χ0v) is 12.8. The van der Waals surface area contributed by atoms with Gasteiger partial charge in [0.05, 0.1) is 19.3 Å². The Labute approximate surface area is 120 Å². The Bertz CT molecular complexity index is 333. The average molecular weight is 286 g/mol. The van der Waals surface area contributed by atoms with Gasteiger partial charge in [0.25, 0.3) is 0 Å². The van der Waals surface area contributed by atoms with Gasteiger partial charge in [-0.15, -0.1) is 0 Å². The van der Waals surface area contributed by atoms with Crippen LogP contribution in [0.1, 0.15) is 34.1 Å². The van der Waals surface area contributed by atoms with Crippen molar-refractivity contribution < 1.29 is 19.1 Å². The molecule has 116 valence electrons. The number of nitrogens with zero attached hydrogens (tertiary/aromatic N) is 1. The van der Waals surface area contributed by atoms with Crippen LogP contribution in [0, 0.1) is 11.8 Å². The summed E-state index contributed by atoms with van der Waals surface area (Å²) in [5.74, 6) is 0.791. The van der Waals surface area contributed by atoms with Gasteiger partial charge in [-0.25, -0.2) is 9.59 Å². The number of ether oxygens (including phenoxy) is 2. The van der Waals surface area contributed by atoms with Crippen LogP contribution in [-0.2, 0) is 9.47 Å². The molecule has 1 rings (SSSR count). The predicted molar refractivity (Wildman–Crippen MR) is 75.5 cm³/mol. The third-order valence-corrected chi connectivity index (χ3v) is 3.55. The van der Waals surface area contributed by atoms with Gasteiger partial charge in [0.1, 0.15) is 0 Å². The Morgan fingerprint density at radius 3 is 2.40 bits per heavy atom. The number of amides is 2. The van der Waals surface area contributed by atoms with Crippen LogP contribution in [0.5, 0.6) is 0 Å². The van der Waals surface area contributed by atoms with E-state index >= 15 is 0 Å². The monoisotopic (exact) mass is 286 g/mol. The largest absolute Gasteiger partial charge is 0.450 e. The van der Waals surface area contributed by atoms with E-state index in [1.54, 1.807) is 18.7 Å². The molecule has 1 heterocycles. The summed E-state index contributed by atoms with van der Waals surface area (Å²) in [7, 11) is 0. The summed E-state index contributed by atoms with van der Waals surface area (Å²) in [4.78, 5) is 25.1. The SMILES string of the molecule is CCOC(=O)NC1CC(C(C)C)CN(C(=O)OCC)C1. The van der Waals surface area contributed by atoms with Crippen molar-refractivity contribution in [1.29, 1.82) is 0 Å². The molecule has 6 nitrogen and oxygen atoms in total. The molecule has 0 aromatic rings. The molecule has 1 saturated heterocycles. The normalized spacial score (nSPS) is 22.6. The van der Waals surface area contributed by atoms with E-state index < -0.39 is 6.09 Å². The van der Waals surface area contributed by atoms with Crippen molar-refractivity contribution >= 4 is 12.2 Å². The molecule has 0 bridgehead atoms. The van der Waals surface area contributed by atoms with E-state index in [4.69, 9.17) is 9.47 Å². The van der Waals surface area contributed by atoms with E-state index in [0.29, 0.717) is 38.1 Å². The van der Waals surface area contributed by atoms with Crippen molar-refractivity contribution in [1.82, 2.24) is 10.2 Å². The van der Waals surface area contributed by atoms with Gasteiger partial charge in [-0.1, -0.05) is 13.8 Å². The minimum absolute atomic E-state index is 0.0837. The second-order valence-electron chi connectivity index (χ2n) is 5.41. The van der Waals surface area contributed by atoms with Crippen LogP contribution in [0.25, 0.3) is 0 Å². The van der Waals surface area contributed by atoms with Crippen molar-refractivity contribution in [3.05, 3.63) is 0 Å². The van der Waals surface area contributed by atoms with E-state index in [1.807, 2.05) is 0 Å². The number of nitrogens with one attached hydrogen (secondary N) is 1. The van der Waals surface area contributed by atoms with Crippen LogP contribution < -0.4 is 5.32 Å². The summed E-state index contributed by atoms with van der Waals surface area (Å²) in [5.41, 5.74) is 0. The molecule has 0 aromatic carbocycles. The highest BCUT2D eigenvalue weighted by Gasteiger charge is 2.33. The third-order valence-electron chi connectivity index (χ3n) is 3.55. The fraction of sp³-hybridized carbons (Fsp3) is 0.857. The zero-order chi connectivity index (χ0) is 15.1. The molecule has 1 aliphatic heterocycles. The molecule has 2 amide bonds. The quantitative estimate of drug-likeness (QED) is 0.860. The summed E-state index contributed by atoms with van der Waals surface area (Å²) in [5, 5.41) is 2.82. The molecule has 2 unspecified atom stereocenters. The first-order valence-electron chi connectivity index (χ1n) is 7.32. The maximum absolute atomic E-state index is 11.9. The molecule has 6 heteroatoms. The number of piperidine rings is 1. The summed E-state index contributed by atoms with van der Waals surface area (Å²) >= 11 is 0. The van der Waals surface area contributed by atoms with E-state index in [2.05, 4.69) is 19.2 Å². The number of carbonyl (C=O) groups is 2. The van der Waals surface area contributed by atoms with Gasteiger partial charge in [-0.3, -0.25) is 0 Å². The van der Waals surface area contributed by atoms with Crippen LogP contribution in [0.2, 0.25) is 0 Å². The van der Waals surface area contributed by atoms with Gasteiger partial charge in [0.15, 0.2) is 0 Å². The molecule has 0 spiro atoms. The molecule has 0 saturated carbocycles. The van der Waals surface area contributed by atoms with Crippen molar-refractivity contribution in [3.8, 4) is 0 Å². The number of hydrogen-bond donors (Lipinski definition) is 1. The van der Waals surface area contributed by atoms with Crippen molar-refractivity contribution in [2.24, 2.45) is 11.8 Å². The third kappa shape index (κ3) is 4.90. The van der Waals surface area contributed by atoms with Gasteiger partial charge in [-0.05, 0) is 32.1 Å². The molecular weight excluding hydrogens is 260 g/mol. The number of rotatable bonds is 4. The van der Waals surface area contributed by atoms with Gasteiger partial charge < -0.3 is 19.7 Å². The fourth-order valence-electron chi connectivity index (χ4n) is 2.43. The van der Waals surface area contributed by atoms with E-state index in [0.717, 1.165) is 6.42 Å². The van der Waals surface area contributed by atoms with Gasteiger partial charge >= 0.3 is 12.2 Å². The van der Waals surface area contributed by atoms with Crippen molar-refractivity contribution in [2.75, 3.05) is 26.3 Å². The summed E-state index contributed by atoms with van der Waals surface area (Å²) < 4.78 is 9.95. The van der Waals surface area contributed by atoms with Crippen molar-refractivity contribution in [2.45, 2.75) is 40.2 Å². The maximum atomic E-state index is 11.9. The molecule has 20 heavy (non-hydrogen) atoms. The number of alkyl carbamates (subject to hydrolysis) is 1. The molecule has 0 aromatic heterocycles. The van der Waals surface area contributed by atoms with E-state index in [1.165, 1.54) is 0 Å². The second kappa shape index (κ2) is 7.97. The number of likely N-dealkylation sites (tertiary alicyclic amines) is 1. The lowest BCUT2D eigenvalue weighted by molar-refractivity contribution is 0.0678. The lowest BCUT2D eigenvalue weighted by atomic mass is 9.86. The summed E-state index contributed by atoms with van der Waals surface area (Å²) in [6.45, 7) is 9.66. The Hall–Kier alpha value is -1.46. The minimum atomic E-state index is -0.425. The highest BCUT2D eigenvalue weighted by molar-refractivity contribution is 5.69. The van der Waals surface area contributed by atoms with E-state index in [-0.39, 0.29) is 12.1 Å². The Kier molecular flexibility index (Phi) is 6.61. The van der Waals surface area contributed by atoms with Crippen LogP contribution in [0.3, 0.4) is 0 Å². The molecule has 1 N–H and O–H groups in total. The molecule has 2 atom stereocenters. The van der Waals surface area contributed by atoms with E-state index in [9.17, 15) is 9.59 Å². The summed E-state index contributed by atoms with van der Waals surface area (Å²) in [6.07, 6.45) is 0.117. The van der Waals surface area contributed by atoms with Crippen LogP contribution >= 0.6 is 0 Å². The smallest absolute Gasteiger partial charge is 0.409 e. The topological polar surface area (TPSA) is 67.9 Å². The first kappa shape index (κ1) is 16.6. The lowest BCUT2D eigenvalue weighted by Crippen LogP contribution is -2.53. The lowest BCUT2D eigenvalue weighted by Gasteiger charge is -2.38. The van der Waals surface area contributed by atoms with Gasteiger partial charge in [0, 0.05) is 13.1 Å². The zero-order valence-electron chi connectivity index (χ0n) is 12.8. The highest BCUT2D eigenvalue weighted by Crippen LogP contribution is 2.24. The van der Waals surface area contributed by atoms with Crippen molar-refractivity contribution in [3.63, 3.8) is 0 Å². The fourth-order valence-corrected chi connectivity index (χ4v) is 2.43. The van der Waals surface area contributed by atoms with Crippen LogP contribution in [-0.4, -0.2) is 49.4 Å². The second-order valence-corrected chi connectivity index (χ2v) is 5.41. The average Bonchev–Trinajstić information content (AvgIpc) is 2.38.